The Balaban J connectivity index is 2.05. The summed E-state index contributed by atoms with van der Waals surface area (Å²) in [4.78, 5) is 9.17. The monoisotopic (exact) mass is 234 g/mol. The molecule has 1 aromatic rings. The molecule has 0 bridgehead atoms. The molecule has 2 heterocycles. The third-order valence-electron chi connectivity index (χ3n) is 3.03. The van der Waals surface area contributed by atoms with Gasteiger partial charge in [0.1, 0.15) is 5.82 Å². The SMILES string of the molecule is CC(C)Nc1ccnc(N2CCN(C)CC2)c1. The average molecular weight is 234 g/mol. The van der Waals surface area contributed by atoms with Crippen molar-refractivity contribution >= 4 is 11.5 Å². The Bertz CT molecular complexity index is 356. The zero-order chi connectivity index (χ0) is 12.3. The molecule has 0 unspecified atom stereocenters. The first-order valence-electron chi connectivity index (χ1n) is 6.31. The van der Waals surface area contributed by atoms with E-state index in [0.717, 1.165) is 37.7 Å². The normalized spacial score (nSPS) is 17.5. The summed E-state index contributed by atoms with van der Waals surface area (Å²) in [5, 5.41) is 3.42. The van der Waals surface area contributed by atoms with Crippen LogP contribution in [0, 0.1) is 0 Å². The first-order chi connectivity index (χ1) is 8.15. The first kappa shape index (κ1) is 12.2. The van der Waals surface area contributed by atoms with Crippen molar-refractivity contribution in [2.45, 2.75) is 19.9 Å². The molecule has 4 nitrogen and oxygen atoms in total. The number of likely N-dealkylation sites (N-methyl/N-ethyl adjacent to an activating group) is 1. The number of hydrogen-bond donors (Lipinski definition) is 1. The molecule has 1 saturated heterocycles. The van der Waals surface area contributed by atoms with Crippen LogP contribution in [0.2, 0.25) is 0 Å². The zero-order valence-electron chi connectivity index (χ0n) is 11.0. The van der Waals surface area contributed by atoms with Crippen LogP contribution >= 0.6 is 0 Å². The van der Waals surface area contributed by atoms with Gasteiger partial charge in [-0.05, 0) is 27.0 Å². The van der Waals surface area contributed by atoms with Gasteiger partial charge >= 0.3 is 0 Å². The fraction of sp³-hybridized carbons (Fsp3) is 0.615. The van der Waals surface area contributed by atoms with E-state index >= 15 is 0 Å². The van der Waals surface area contributed by atoms with E-state index in [-0.39, 0.29) is 0 Å². The van der Waals surface area contributed by atoms with Crippen molar-refractivity contribution in [1.82, 2.24) is 9.88 Å². The molecule has 2 rings (SSSR count). The lowest BCUT2D eigenvalue weighted by atomic mass is 10.3. The Morgan fingerprint density at radius 2 is 1.94 bits per heavy atom. The van der Waals surface area contributed by atoms with Crippen molar-refractivity contribution in [1.29, 1.82) is 0 Å². The summed E-state index contributed by atoms with van der Waals surface area (Å²) in [5.74, 6) is 1.09. The topological polar surface area (TPSA) is 31.4 Å². The Morgan fingerprint density at radius 3 is 2.59 bits per heavy atom. The van der Waals surface area contributed by atoms with Crippen LogP contribution in [0.4, 0.5) is 11.5 Å². The van der Waals surface area contributed by atoms with Gasteiger partial charge in [0.25, 0.3) is 0 Å². The van der Waals surface area contributed by atoms with Crippen LogP contribution in [-0.2, 0) is 0 Å². The molecular weight excluding hydrogens is 212 g/mol. The third kappa shape index (κ3) is 3.33. The van der Waals surface area contributed by atoms with Crippen molar-refractivity contribution in [3.63, 3.8) is 0 Å². The van der Waals surface area contributed by atoms with E-state index in [2.05, 4.69) is 47.1 Å². The second-order valence-electron chi connectivity index (χ2n) is 4.99. The highest BCUT2D eigenvalue weighted by Gasteiger charge is 2.15. The summed E-state index contributed by atoms with van der Waals surface area (Å²) in [5.41, 5.74) is 1.16. The van der Waals surface area contributed by atoms with Crippen LogP contribution in [-0.4, -0.2) is 49.2 Å². The molecule has 0 saturated carbocycles. The van der Waals surface area contributed by atoms with Gasteiger partial charge in [-0.3, -0.25) is 0 Å². The predicted octanol–water partition coefficient (Wildman–Crippen LogP) is 1.65. The molecule has 0 atom stereocenters. The van der Waals surface area contributed by atoms with Gasteiger partial charge < -0.3 is 15.1 Å². The summed E-state index contributed by atoms with van der Waals surface area (Å²) in [6, 6.07) is 4.63. The van der Waals surface area contributed by atoms with E-state index in [1.165, 1.54) is 0 Å². The molecule has 1 N–H and O–H groups in total. The number of pyridine rings is 1. The van der Waals surface area contributed by atoms with Gasteiger partial charge in [-0.2, -0.15) is 0 Å². The van der Waals surface area contributed by atoms with Gasteiger partial charge in [-0.25, -0.2) is 4.98 Å². The van der Waals surface area contributed by atoms with Crippen molar-refractivity contribution in [3.8, 4) is 0 Å². The lowest BCUT2D eigenvalue weighted by Crippen LogP contribution is -2.44. The fourth-order valence-electron chi connectivity index (χ4n) is 2.05. The number of anilines is 2. The lowest BCUT2D eigenvalue weighted by molar-refractivity contribution is 0.312. The summed E-state index contributed by atoms with van der Waals surface area (Å²) in [7, 11) is 2.17. The lowest BCUT2D eigenvalue weighted by Gasteiger charge is -2.33. The summed E-state index contributed by atoms with van der Waals surface area (Å²) < 4.78 is 0. The molecule has 17 heavy (non-hydrogen) atoms. The van der Waals surface area contributed by atoms with Crippen LogP contribution in [0.25, 0.3) is 0 Å². The van der Waals surface area contributed by atoms with Crippen LogP contribution in [0.1, 0.15) is 13.8 Å². The van der Waals surface area contributed by atoms with E-state index in [9.17, 15) is 0 Å². The minimum absolute atomic E-state index is 0.456. The highest BCUT2D eigenvalue weighted by molar-refractivity contribution is 5.53. The van der Waals surface area contributed by atoms with Crippen molar-refractivity contribution in [2.75, 3.05) is 43.4 Å². The summed E-state index contributed by atoms with van der Waals surface area (Å²) >= 11 is 0. The van der Waals surface area contributed by atoms with Gasteiger partial charge in [0.15, 0.2) is 0 Å². The number of nitrogens with zero attached hydrogens (tertiary/aromatic N) is 3. The average Bonchev–Trinajstić information content (AvgIpc) is 2.29. The second-order valence-corrected chi connectivity index (χ2v) is 4.99. The largest absolute Gasteiger partial charge is 0.383 e. The Labute approximate surface area is 104 Å². The minimum atomic E-state index is 0.456. The van der Waals surface area contributed by atoms with Crippen LogP contribution < -0.4 is 10.2 Å². The maximum Gasteiger partial charge on any atom is 0.130 e. The van der Waals surface area contributed by atoms with Crippen molar-refractivity contribution in [3.05, 3.63) is 18.3 Å². The van der Waals surface area contributed by atoms with Crippen LogP contribution in [0.3, 0.4) is 0 Å². The fourth-order valence-corrected chi connectivity index (χ4v) is 2.05. The number of nitrogens with one attached hydrogen (secondary N) is 1. The molecule has 1 aromatic heterocycles. The van der Waals surface area contributed by atoms with Crippen LogP contribution in [0.15, 0.2) is 18.3 Å². The van der Waals surface area contributed by atoms with E-state index < -0.39 is 0 Å². The zero-order valence-corrected chi connectivity index (χ0v) is 11.0. The number of aromatic nitrogens is 1. The molecule has 4 heteroatoms. The maximum atomic E-state index is 4.46. The molecule has 0 aromatic carbocycles. The smallest absolute Gasteiger partial charge is 0.130 e. The molecule has 94 valence electrons. The minimum Gasteiger partial charge on any atom is -0.383 e. The number of rotatable bonds is 3. The Morgan fingerprint density at radius 1 is 1.24 bits per heavy atom. The van der Waals surface area contributed by atoms with Gasteiger partial charge in [0.2, 0.25) is 0 Å². The van der Waals surface area contributed by atoms with Crippen molar-refractivity contribution < 1.29 is 0 Å². The third-order valence-corrected chi connectivity index (χ3v) is 3.03. The maximum absolute atomic E-state index is 4.46. The van der Waals surface area contributed by atoms with Gasteiger partial charge in [0.05, 0.1) is 0 Å². The molecule has 0 radical (unpaired) electrons. The van der Waals surface area contributed by atoms with Gasteiger partial charge in [-0.15, -0.1) is 0 Å². The Kier molecular flexibility index (Phi) is 3.84. The van der Waals surface area contributed by atoms with Crippen molar-refractivity contribution in [2.24, 2.45) is 0 Å². The molecule has 0 amide bonds. The standard InChI is InChI=1S/C13H22N4/c1-11(2)15-12-4-5-14-13(10-12)17-8-6-16(3)7-9-17/h4-5,10-11H,6-9H2,1-3H3,(H,14,15). The highest BCUT2D eigenvalue weighted by atomic mass is 15.3. The quantitative estimate of drug-likeness (QED) is 0.862. The summed E-state index contributed by atoms with van der Waals surface area (Å²) in [6.45, 7) is 8.65. The molecular formula is C13H22N4. The van der Waals surface area contributed by atoms with E-state index in [4.69, 9.17) is 0 Å². The molecule has 1 aliphatic heterocycles. The highest BCUT2D eigenvalue weighted by Crippen LogP contribution is 2.18. The molecule has 1 aliphatic rings. The van der Waals surface area contributed by atoms with Crippen LogP contribution in [0.5, 0.6) is 0 Å². The van der Waals surface area contributed by atoms with E-state index in [1.807, 2.05) is 12.3 Å². The van der Waals surface area contributed by atoms with Gasteiger partial charge in [-0.1, -0.05) is 0 Å². The summed E-state index contributed by atoms with van der Waals surface area (Å²) in [6.07, 6.45) is 1.89. The van der Waals surface area contributed by atoms with E-state index in [1.54, 1.807) is 0 Å². The first-order valence-corrected chi connectivity index (χ1v) is 6.31. The van der Waals surface area contributed by atoms with Gasteiger partial charge in [0, 0.05) is 50.2 Å². The number of hydrogen-bond acceptors (Lipinski definition) is 4. The predicted molar refractivity (Wildman–Crippen MR) is 72.7 cm³/mol. The second kappa shape index (κ2) is 5.36. The Hall–Kier alpha value is -1.29. The molecule has 0 aliphatic carbocycles. The molecule has 0 spiro atoms. The van der Waals surface area contributed by atoms with E-state index in [0.29, 0.717) is 6.04 Å². The molecule has 1 fully saturated rings. The number of piperazine rings is 1.